The van der Waals surface area contributed by atoms with Crippen molar-refractivity contribution in [2.24, 2.45) is 0 Å². The Morgan fingerprint density at radius 2 is 1.85 bits per heavy atom. The maximum Gasteiger partial charge on any atom is 0.211 e. The Morgan fingerprint density at radius 1 is 1.12 bits per heavy atom. The monoisotopic (exact) mass is 419 g/mol. The van der Waals surface area contributed by atoms with Crippen LogP contribution < -0.4 is 4.72 Å². The largest absolute Gasteiger partial charge is 0.468 e. The van der Waals surface area contributed by atoms with E-state index in [9.17, 15) is 16.8 Å². The Labute approximate surface area is 159 Å². The summed E-state index contributed by atoms with van der Waals surface area (Å²) in [6, 6.07) is 7.93. The number of sulfone groups is 1. The van der Waals surface area contributed by atoms with Crippen LogP contribution in [-0.4, -0.2) is 35.0 Å². The van der Waals surface area contributed by atoms with Crippen molar-refractivity contribution in [1.82, 2.24) is 4.72 Å². The Bertz CT molecular complexity index is 938. The maximum absolute atomic E-state index is 13.1. The molecule has 0 spiro atoms. The molecule has 0 fully saturated rings. The van der Waals surface area contributed by atoms with Crippen molar-refractivity contribution in [3.05, 3.63) is 53.5 Å². The molecule has 0 aliphatic rings. The highest BCUT2D eigenvalue weighted by Gasteiger charge is 2.32. The molecule has 2 aromatic rings. The van der Waals surface area contributed by atoms with Crippen molar-refractivity contribution in [1.29, 1.82) is 0 Å². The predicted molar refractivity (Wildman–Crippen MR) is 102 cm³/mol. The Morgan fingerprint density at radius 3 is 2.42 bits per heavy atom. The number of aryl methyl sites for hydroxylation is 2. The van der Waals surface area contributed by atoms with Gasteiger partial charge >= 0.3 is 0 Å². The van der Waals surface area contributed by atoms with E-state index in [0.717, 1.165) is 11.1 Å². The fourth-order valence-corrected chi connectivity index (χ4v) is 5.57. The number of rotatable bonds is 9. The van der Waals surface area contributed by atoms with E-state index in [-0.39, 0.29) is 35.3 Å². The quantitative estimate of drug-likeness (QED) is 0.630. The lowest BCUT2D eigenvalue weighted by Gasteiger charge is -2.17. The lowest BCUT2D eigenvalue weighted by Crippen LogP contribution is -2.33. The molecule has 144 valence electrons. The summed E-state index contributed by atoms with van der Waals surface area (Å²) in [6.45, 7) is 3.40. The number of halogens is 1. The number of nitrogens with one attached hydrogen (secondary N) is 1. The molecule has 9 heteroatoms. The number of hydrogen-bond donors (Lipinski definition) is 1. The molecule has 0 bridgehead atoms. The predicted octanol–water partition coefficient (Wildman–Crippen LogP) is 2.96. The molecule has 1 aromatic heterocycles. The van der Waals surface area contributed by atoms with E-state index < -0.39 is 25.1 Å². The molecule has 0 aliphatic heterocycles. The molecular weight excluding hydrogens is 398 g/mol. The minimum atomic E-state index is -3.85. The van der Waals surface area contributed by atoms with E-state index in [1.54, 1.807) is 18.2 Å². The van der Waals surface area contributed by atoms with Crippen LogP contribution in [0.1, 0.15) is 28.6 Å². The highest BCUT2D eigenvalue weighted by atomic mass is 35.5. The smallest absolute Gasteiger partial charge is 0.211 e. The van der Waals surface area contributed by atoms with Crippen molar-refractivity contribution in [2.75, 3.05) is 18.2 Å². The summed E-state index contributed by atoms with van der Waals surface area (Å²) >= 11 is 5.53. The fraction of sp³-hybridized carbons (Fsp3) is 0.412. The van der Waals surface area contributed by atoms with Gasteiger partial charge in [-0.3, -0.25) is 0 Å². The van der Waals surface area contributed by atoms with E-state index in [1.807, 2.05) is 13.8 Å². The van der Waals surface area contributed by atoms with Crippen molar-refractivity contribution < 1.29 is 21.3 Å². The molecule has 0 aliphatic carbocycles. The van der Waals surface area contributed by atoms with Gasteiger partial charge in [0.05, 0.1) is 16.9 Å². The number of alkyl halides is 1. The van der Waals surface area contributed by atoms with Crippen molar-refractivity contribution in [2.45, 2.75) is 30.4 Å². The molecule has 2 rings (SSSR count). The van der Waals surface area contributed by atoms with Gasteiger partial charge in [-0.25, -0.2) is 21.6 Å². The van der Waals surface area contributed by atoms with Crippen LogP contribution in [0.15, 0.2) is 45.9 Å². The van der Waals surface area contributed by atoms with Gasteiger partial charge in [-0.05, 0) is 55.7 Å². The first-order valence-electron chi connectivity index (χ1n) is 8.05. The van der Waals surface area contributed by atoms with E-state index >= 15 is 0 Å². The average Bonchev–Trinajstić information content (AvgIpc) is 3.09. The topological polar surface area (TPSA) is 93.5 Å². The normalized spacial score (nSPS) is 13.7. The number of sulfonamides is 1. The summed E-state index contributed by atoms with van der Waals surface area (Å²) < 4.78 is 57.9. The summed E-state index contributed by atoms with van der Waals surface area (Å²) in [5, 5.41) is -1.16. The third kappa shape index (κ3) is 5.09. The molecule has 6 nitrogen and oxygen atoms in total. The van der Waals surface area contributed by atoms with Gasteiger partial charge in [0.25, 0.3) is 0 Å². The van der Waals surface area contributed by atoms with Crippen LogP contribution in [0.25, 0.3) is 0 Å². The van der Waals surface area contributed by atoms with Gasteiger partial charge in [0.1, 0.15) is 11.0 Å². The van der Waals surface area contributed by atoms with Gasteiger partial charge in [0.2, 0.25) is 10.0 Å². The average molecular weight is 420 g/mol. The summed E-state index contributed by atoms with van der Waals surface area (Å²) in [6.07, 6.45) is 1.65. The zero-order chi connectivity index (χ0) is 19.4. The van der Waals surface area contributed by atoms with Gasteiger partial charge in [-0.2, -0.15) is 0 Å². The minimum Gasteiger partial charge on any atom is -0.468 e. The van der Waals surface area contributed by atoms with Gasteiger partial charge < -0.3 is 4.42 Å². The molecule has 1 atom stereocenters. The van der Waals surface area contributed by atoms with Gasteiger partial charge in [0, 0.05) is 12.4 Å². The highest BCUT2D eigenvalue weighted by molar-refractivity contribution is 7.92. The second kappa shape index (κ2) is 8.56. The van der Waals surface area contributed by atoms with Crippen LogP contribution >= 0.6 is 11.6 Å². The Hall–Kier alpha value is -1.35. The lowest BCUT2D eigenvalue weighted by molar-refractivity contribution is 0.486. The molecule has 1 N–H and O–H groups in total. The summed E-state index contributed by atoms with van der Waals surface area (Å²) in [5.74, 6) is 0.234. The van der Waals surface area contributed by atoms with E-state index in [0.29, 0.717) is 0 Å². The van der Waals surface area contributed by atoms with Crippen LogP contribution in [0.5, 0.6) is 0 Å². The van der Waals surface area contributed by atoms with Crippen molar-refractivity contribution in [3.8, 4) is 0 Å². The van der Waals surface area contributed by atoms with Crippen molar-refractivity contribution in [3.63, 3.8) is 0 Å². The van der Waals surface area contributed by atoms with E-state index in [2.05, 4.69) is 4.72 Å². The minimum absolute atomic E-state index is 0.127. The lowest BCUT2D eigenvalue weighted by atomic mass is 10.1. The van der Waals surface area contributed by atoms with Gasteiger partial charge in [0.15, 0.2) is 9.84 Å². The second-order valence-electron chi connectivity index (χ2n) is 6.01. The zero-order valence-electron chi connectivity index (χ0n) is 14.6. The molecule has 0 saturated heterocycles. The molecule has 1 heterocycles. The molecule has 26 heavy (non-hydrogen) atoms. The van der Waals surface area contributed by atoms with Gasteiger partial charge in [-0.1, -0.05) is 6.07 Å². The van der Waals surface area contributed by atoms with Crippen LogP contribution in [0, 0.1) is 13.8 Å². The first kappa shape index (κ1) is 21.0. The summed E-state index contributed by atoms with van der Waals surface area (Å²) in [5.41, 5.74) is 1.81. The molecule has 0 saturated carbocycles. The van der Waals surface area contributed by atoms with Gasteiger partial charge in [-0.15, -0.1) is 11.6 Å². The molecule has 0 amide bonds. The van der Waals surface area contributed by atoms with Crippen LogP contribution in [-0.2, 0) is 19.9 Å². The van der Waals surface area contributed by atoms with E-state index in [4.69, 9.17) is 16.0 Å². The molecule has 0 unspecified atom stereocenters. The number of benzene rings is 1. The zero-order valence-corrected chi connectivity index (χ0v) is 17.0. The van der Waals surface area contributed by atoms with Crippen molar-refractivity contribution >= 4 is 31.5 Å². The summed E-state index contributed by atoms with van der Waals surface area (Å²) in [7, 11) is -7.48. The third-order valence-corrected chi connectivity index (χ3v) is 7.84. The third-order valence-electron chi connectivity index (χ3n) is 4.08. The number of furan rings is 1. The van der Waals surface area contributed by atoms with E-state index in [1.165, 1.54) is 18.4 Å². The molecular formula is C17H22ClNO5S2. The number of hydrogen-bond acceptors (Lipinski definition) is 5. The summed E-state index contributed by atoms with van der Waals surface area (Å²) in [4.78, 5) is 0.127. The SMILES string of the molecule is Cc1ccc(S(=O)(=O)[C@H](CNS(=O)(=O)CCCCl)c2ccco2)cc1C. The maximum atomic E-state index is 13.1. The first-order valence-corrected chi connectivity index (χ1v) is 11.8. The van der Waals surface area contributed by atoms with Crippen LogP contribution in [0.3, 0.4) is 0 Å². The first-order chi connectivity index (χ1) is 12.2. The fourth-order valence-electron chi connectivity index (χ4n) is 2.41. The molecule has 0 radical (unpaired) electrons. The van der Waals surface area contributed by atoms with Crippen LogP contribution in [0.4, 0.5) is 0 Å². The standard InChI is InChI=1S/C17H22ClNO5S2/c1-13-6-7-15(11-14(13)2)26(22,23)17(16-5-3-9-24-16)12-19-25(20,21)10-4-8-18/h3,5-7,9,11,17,19H,4,8,10,12H2,1-2H3/t17-/m1/s1. The molecule has 1 aromatic carbocycles. The highest BCUT2D eigenvalue weighted by Crippen LogP contribution is 2.30. The Kier molecular flexibility index (Phi) is 6.90. The second-order valence-corrected chi connectivity index (χ2v) is 10.4. The van der Waals surface area contributed by atoms with Crippen LogP contribution in [0.2, 0.25) is 0 Å². The Balaban J connectivity index is 2.34.